The molecule has 0 aliphatic rings. The van der Waals surface area contributed by atoms with Gasteiger partial charge in [-0.15, -0.1) is 0 Å². The second-order valence-corrected chi connectivity index (χ2v) is 8.27. The van der Waals surface area contributed by atoms with E-state index in [4.69, 9.17) is 0 Å². The molecule has 0 saturated heterocycles. The maximum atomic E-state index is 11.1. The van der Waals surface area contributed by atoms with Gasteiger partial charge in [-0.3, -0.25) is 0 Å². The summed E-state index contributed by atoms with van der Waals surface area (Å²) in [7, 11) is 0. The average molecular weight is 383 g/mol. The van der Waals surface area contributed by atoms with E-state index in [1.807, 2.05) is 0 Å². The summed E-state index contributed by atoms with van der Waals surface area (Å²) in [5, 5.41) is 22.2. The van der Waals surface area contributed by atoms with Crippen molar-refractivity contribution in [2.24, 2.45) is 0 Å². The van der Waals surface area contributed by atoms with E-state index >= 15 is 0 Å². The fourth-order valence-electron chi connectivity index (χ4n) is 4.18. The fourth-order valence-corrected chi connectivity index (χ4v) is 4.18. The maximum Gasteiger partial charge on any atom is 0.122 e. The summed E-state index contributed by atoms with van der Waals surface area (Å²) < 4.78 is 0. The number of unbranched alkanes of at least 4 members (excludes halogenated alkanes) is 2. The molecule has 0 radical (unpaired) electrons. The number of rotatable bonds is 10. The molecule has 0 heterocycles. The van der Waals surface area contributed by atoms with Crippen LogP contribution in [-0.2, 0) is 12.8 Å². The van der Waals surface area contributed by atoms with Gasteiger partial charge < -0.3 is 10.2 Å². The van der Waals surface area contributed by atoms with Crippen LogP contribution >= 0.6 is 0 Å². The molecule has 0 amide bonds. The first-order chi connectivity index (χ1) is 13.4. The number of phenolic OH excluding ortho intramolecular Hbond substituents is 2. The van der Waals surface area contributed by atoms with Crippen molar-refractivity contribution in [2.75, 3.05) is 0 Å². The molecular formula is C26H38O2. The van der Waals surface area contributed by atoms with Crippen LogP contribution in [0.1, 0.15) is 98.6 Å². The number of hydrogen-bond acceptors (Lipinski definition) is 2. The van der Waals surface area contributed by atoms with Crippen molar-refractivity contribution in [3.8, 4) is 11.5 Å². The van der Waals surface area contributed by atoms with Crippen molar-refractivity contribution in [1.29, 1.82) is 0 Å². The summed E-state index contributed by atoms with van der Waals surface area (Å²) >= 11 is 0. The quantitative estimate of drug-likeness (QED) is 0.451. The third kappa shape index (κ3) is 5.31. The lowest BCUT2D eigenvalue weighted by atomic mass is 9.82. The standard InChI is InChI=1S/C26H38O2/c1-6-9-12-20-14-18(4)16-23(25(20)27)22(11-8-3)24-17-19(5)15-21(26(24)28)13-10-7-2/h14-17,22,27-28H,6-13H2,1-5H3. The summed E-state index contributed by atoms with van der Waals surface area (Å²) in [4.78, 5) is 0. The van der Waals surface area contributed by atoms with Crippen LogP contribution in [0.2, 0.25) is 0 Å². The third-order valence-electron chi connectivity index (χ3n) is 5.65. The molecule has 2 aromatic rings. The zero-order chi connectivity index (χ0) is 20.7. The summed E-state index contributed by atoms with van der Waals surface area (Å²) in [5.41, 5.74) is 6.37. The van der Waals surface area contributed by atoms with E-state index in [9.17, 15) is 10.2 Å². The molecule has 0 aromatic heterocycles. The Morgan fingerprint density at radius 3 is 1.46 bits per heavy atom. The Bertz CT molecular complexity index is 713. The van der Waals surface area contributed by atoms with Gasteiger partial charge in [-0.05, 0) is 57.1 Å². The Kier molecular flexibility index (Phi) is 8.41. The molecule has 0 aliphatic heterocycles. The molecule has 2 heteroatoms. The number of benzene rings is 2. The minimum atomic E-state index is 0.0190. The van der Waals surface area contributed by atoms with Crippen LogP contribution in [0.15, 0.2) is 24.3 Å². The first-order valence-electron chi connectivity index (χ1n) is 11.1. The lowest BCUT2D eigenvalue weighted by Crippen LogP contribution is -2.06. The van der Waals surface area contributed by atoms with Crippen LogP contribution in [0.4, 0.5) is 0 Å². The van der Waals surface area contributed by atoms with E-state index in [2.05, 4.69) is 58.9 Å². The van der Waals surface area contributed by atoms with Gasteiger partial charge in [0.25, 0.3) is 0 Å². The van der Waals surface area contributed by atoms with Crippen molar-refractivity contribution in [1.82, 2.24) is 0 Å². The second-order valence-electron chi connectivity index (χ2n) is 8.27. The van der Waals surface area contributed by atoms with Gasteiger partial charge in [0.2, 0.25) is 0 Å². The Labute approximate surface area is 171 Å². The molecule has 28 heavy (non-hydrogen) atoms. The number of aromatic hydroxyl groups is 2. The lowest BCUT2D eigenvalue weighted by molar-refractivity contribution is 0.442. The molecule has 0 unspecified atom stereocenters. The predicted octanol–water partition coefficient (Wildman–Crippen LogP) is 7.33. The molecule has 0 saturated carbocycles. The highest BCUT2D eigenvalue weighted by atomic mass is 16.3. The molecule has 154 valence electrons. The summed E-state index contributed by atoms with van der Waals surface area (Å²) in [5.74, 6) is 0.868. The van der Waals surface area contributed by atoms with Crippen LogP contribution in [-0.4, -0.2) is 10.2 Å². The topological polar surface area (TPSA) is 40.5 Å². The van der Waals surface area contributed by atoms with Crippen LogP contribution in [0.5, 0.6) is 11.5 Å². The van der Waals surface area contributed by atoms with Crippen molar-refractivity contribution in [3.63, 3.8) is 0 Å². The summed E-state index contributed by atoms with van der Waals surface area (Å²) in [6.07, 6.45) is 8.09. The zero-order valence-electron chi connectivity index (χ0n) is 18.4. The normalized spacial score (nSPS) is 11.4. The van der Waals surface area contributed by atoms with Gasteiger partial charge in [-0.2, -0.15) is 0 Å². The van der Waals surface area contributed by atoms with E-state index in [-0.39, 0.29) is 5.92 Å². The number of hydrogen-bond donors (Lipinski definition) is 2. The van der Waals surface area contributed by atoms with Crippen LogP contribution in [0.3, 0.4) is 0 Å². The predicted molar refractivity (Wildman–Crippen MR) is 120 cm³/mol. The van der Waals surface area contributed by atoms with E-state index in [1.54, 1.807) is 0 Å². The van der Waals surface area contributed by atoms with E-state index in [0.717, 1.165) is 73.6 Å². The summed E-state index contributed by atoms with van der Waals surface area (Å²) in [6.45, 7) is 10.7. The van der Waals surface area contributed by atoms with Gasteiger partial charge in [-0.25, -0.2) is 0 Å². The van der Waals surface area contributed by atoms with Crippen molar-refractivity contribution in [3.05, 3.63) is 57.6 Å². The first-order valence-corrected chi connectivity index (χ1v) is 11.1. The smallest absolute Gasteiger partial charge is 0.122 e. The van der Waals surface area contributed by atoms with Crippen molar-refractivity contribution >= 4 is 0 Å². The van der Waals surface area contributed by atoms with E-state index in [1.165, 1.54) is 11.1 Å². The monoisotopic (exact) mass is 382 g/mol. The zero-order valence-corrected chi connectivity index (χ0v) is 18.4. The minimum Gasteiger partial charge on any atom is -0.507 e. The molecule has 0 atom stereocenters. The highest BCUT2D eigenvalue weighted by Gasteiger charge is 2.23. The van der Waals surface area contributed by atoms with Gasteiger partial charge in [0.1, 0.15) is 11.5 Å². The molecule has 0 spiro atoms. The highest BCUT2D eigenvalue weighted by Crippen LogP contribution is 2.42. The largest absolute Gasteiger partial charge is 0.507 e. The molecule has 2 N–H and O–H groups in total. The summed E-state index contributed by atoms with van der Waals surface area (Å²) in [6, 6.07) is 8.44. The van der Waals surface area contributed by atoms with Gasteiger partial charge in [-0.1, -0.05) is 75.4 Å². The lowest BCUT2D eigenvalue weighted by Gasteiger charge is -2.23. The molecule has 0 aliphatic carbocycles. The van der Waals surface area contributed by atoms with Crippen LogP contribution in [0.25, 0.3) is 0 Å². The molecular weight excluding hydrogens is 344 g/mol. The Morgan fingerprint density at radius 1 is 0.679 bits per heavy atom. The first kappa shape index (κ1) is 22.3. The Morgan fingerprint density at radius 2 is 1.11 bits per heavy atom. The van der Waals surface area contributed by atoms with Gasteiger partial charge in [0, 0.05) is 17.0 Å². The SMILES string of the molecule is CCCCc1cc(C)cc(C(CCC)c2cc(C)cc(CCCC)c2O)c1O. The third-order valence-corrected chi connectivity index (χ3v) is 5.65. The fraction of sp³-hybridized carbons (Fsp3) is 0.538. The second kappa shape index (κ2) is 10.5. The Balaban J connectivity index is 2.58. The molecule has 0 fully saturated rings. The van der Waals surface area contributed by atoms with E-state index < -0.39 is 0 Å². The van der Waals surface area contributed by atoms with Crippen LogP contribution in [0, 0.1) is 13.8 Å². The Hall–Kier alpha value is -1.96. The molecule has 2 rings (SSSR count). The average Bonchev–Trinajstić information content (AvgIpc) is 2.67. The molecule has 2 nitrogen and oxygen atoms in total. The van der Waals surface area contributed by atoms with E-state index in [0.29, 0.717) is 11.5 Å². The minimum absolute atomic E-state index is 0.0190. The van der Waals surface area contributed by atoms with Gasteiger partial charge >= 0.3 is 0 Å². The molecule has 2 aromatic carbocycles. The van der Waals surface area contributed by atoms with Crippen LogP contribution < -0.4 is 0 Å². The van der Waals surface area contributed by atoms with Crippen molar-refractivity contribution in [2.45, 2.75) is 91.9 Å². The number of aryl methyl sites for hydroxylation is 4. The van der Waals surface area contributed by atoms with Gasteiger partial charge in [0.15, 0.2) is 0 Å². The van der Waals surface area contributed by atoms with Gasteiger partial charge in [0.05, 0.1) is 0 Å². The highest BCUT2D eigenvalue weighted by molar-refractivity contribution is 5.54. The number of phenols is 2. The molecule has 0 bridgehead atoms. The maximum absolute atomic E-state index is 11.1. The van der Waals surface area contributed by atoms with Crippen molar-refractivity contribution < 1.29 is 10.2 Å².